The van der Waals surface area contributed by atoms with Crippen molar-refractivity contribution in [1.82, 2.24) is 10.2 Å². The molecular formula is C9H14N2O3. The van der Waals surface area contributed by atoms with Crippen LogP contribution in [0.3, 0.4) is 0 Å². The van der Waals surface area contributed by atoms with Crippen LogP contribution in [-0.4, -0.2) is 47.6 Å². The molecule has 0 saturated carbocycles. The fraction of sp³-hybridized carbons (Fsp3) is 0.778. The number of likely N-dealkylation sites (tertiary alicyclic amines) is 1. The number of amides is 1. The zero-order valence-corrected chi connectivity index (χ0v) is 8.12. The van der Waals surface area contributed by atoms with Gasteiger partial charge in [-0.1, -0.05) is 0 Å². The highest BCUT2D eigenvalue weighted by molar-refractivity contribution is 5.86. The lowest BCUT2D eigenvalue weighted by molar-refractivity contribution is -0.165. The molecule has 14 heavy (non-hydrogen) atoms. The molecule has 1 amide bonds. The molecule has 78 valence electrons. The first-order chi connectivity index (χ1) is 6.53. The maximum atomic E-state index is 11.6. The van der Waals surface area contributed by atoms with E-state index in [1.807, 2.05) is 0 Å². The van der Waals surface area contributed by atoms with E-state index in [1.54, 1.807) is 11.8 Å². The Balaban J connectivity index is 1.87. The second-order valence-electron chi connectivity index (χ2n) is 4.36. The van der Waals surface area contributed by atoms with Crippen molar-refractivity contribution in [1.29, 1.82) is 0 Å². The van der Waals surface area contributed by atoms with Gasteiger partial charge in [-0.3, -0.25) is 9.59 Å². The first kappa shape index (κ1) is 9.45. The smallest absolute Gasteiger partial charge is 0.312 e. The van der Waals surface area contributed by atoms with Crippen molar-refractivity contribution in [3.05, 3.63) is 0 Å². The Kier molecular flexibility index (Phi) is 1.99. The van der Waals surface area contributed by atoms with E-state index in [1.165, 1.54) is 0 Å². The number of hydrogen-bond donors (Lipinski definition) is 2. The molecule has 1 unspecified atom stereocenters. The van der Waals surface area contributed by atoms with Crippen molar-refractivity contribution in [3.8, 4) is 0 Å². The van der Waals surface area contributed by atoms with E-state index < -0.39 is 11.4 Å². The molecule has 2 fully saturated rings. The van der Waals surface area contributed by atoms with Gasteiger partial charge in [-0.05, 0) is 19.9 Å². The van der Waals surface area contributed by atoms with E-state index in [2.05, 4.69) is 5.32 Å². The number of carbonyl (C=O) groups excluding carboxylic acids is 1. The Labute approximate surface area is 82.1 Å². The molecule has 2 aliphatic rings. The van der Waals surface area contributed by atoms with Crippen molar-refractivity contribution in [2.75, 3.05) is 19.6 Å². The number of rotatable bonds is 2. The standard InChI is InChI=1S/C9H14N2O3/c1-9(8(13)14)4-11(5-9)7(12)6-2-3-10-6/h6,10H,2-5H2,1H3,(H,13,14). The Morgan fingerprint density at radius 1 is 1.50 bits per heavy atom. The van der Waals surface area contributed by atoms with Crippen molar-refractivity contribution >= 4 is 11.9 Å². The predicted octanol–water partition coefficient (Wildman–Crippen LogP) is -0.719. The largest absolute Gasteiger partial charge is 0.481 e. The molecule has 0 aliphatic carbocycles. The number of carboxylic acids is 1. The summed E-state index contributed by atoms with van der Waals surface area (Å²) >= 11 is 0. The molecule has 1 atom stereocenters. The van der Waals surface area contributed by atoms with Crippen molar-refractivity contribution in [2.45, 2.75) is 19.4 Å². The van der Waals surface area contributed by atoms with Gasteiger partial charge in [0.2, 0.25) is 5.91 Å². The summed E-state index contributed by atoms with van der Waals surface area (Å²) in [5.41, 5.74) is -0.723. The first-order valence-electron chi connectivity index (χ1n) is 4.78. The minimum atomic E-state index is -0.817. The maximum Gasteiger partial charge on any atom is 0.312 e. The van der Waals surface area contributed by atoms with E-state index in [4.69, 9.17) is 5.11 Å². The fourth-order valence-electron chi connectivity index (χ4n) is 1.81. The second-order valence-corrected chi connectivity index (χ2v) is 4.36. The summed E-state index contributed by atoms with van der Waals surface area (Å²) in [4.78, 5) is 24.0. The van der Waals surface area contributed by atoms with Gasteiger partial charge in [-0.25, -0.2) is 0 Å². The summed E-state index contributed by atoms with van der Waals surface area (Å²) in [6.07, 6.45) is 0.874. The van der Waals surface area contributed by atoms with Gasteiger partial charge in [-0.2, -0.15) is 0 Å². The zero-order chi connectivity index (χ0) is 10.3. The van der Waals surface area contributed by atoms with Crippen LogP contribution >= 0.6 is 0 Å². The van der Waals surface area contributed by atoms with E-state index in [0.717, 1.165) is 13.0 Å². The third kappa shape index (κ3) is 1.28. The quantitative estimate of drug-likeness (QED) is 0.614. The van der Waals surface area contributed by atoms with E-state index in [0.29, 0.717) is 13.1 Å². The van der Waals surface area contributed by atoms with Crippen molar-refractivity contribution in [2.24, 2.45) is 5.41 Å². The van der Waals surface area contributed by atoms with E-state index >= 15 is 0 Å². The molecule has 0 spiro atoms. The van der Waals surface area contributed by atoms with Crippen LogP contribution in [0.15, 0.2) is 0 Å². The van der Waals surface area contributed by atoms with Crippen LogP contribution in [-0.2, 0) is 9.59 Å². The number of carbonyl (C=O) groups is 2. The van der Waals surface area contributed by atoms with Gasteiger partial charge >= 0.3 is 5.97 Å². The monoisotopic (exact) mass is 198 g/mol. The lowest BCUT2D eigenvalue weighted by Gasteiger charge is -2.47. The van der Waals surface area contributed by atoms with Gasteiger partial charge in [0.15, 0.2) is 0 Å². The third-order valence-electron chi connectivity index (χ3n) is 3.03. The summed E-state index contributed by atoms with van der Waals surface area (Å²) < 4.78 is 0. The average Bonchev–Trinajstić information content (AvgIpc) is 1.94. The van der Waals surface area contributed by atoms with E-state index in [9.17, 15) is 9.59 Å². The minimum absolute atomic E-state index is 0.0509. The summed E-state index contributed by atoms with van der Waals surface area (Å²) in [6, 6.07) is -0.0617. The second kappa shape index (κ2) is 2.95. The topological polar surface area (TPSA) is 69.6 Å². The van der Waals surface area contributed by atoms with Crippen LogP contribution in [0, 0.1) is 5.41 Å². The Hall–Kier alpha value is -1.10. The molecule has 5 heteroatoms. The summed E-state index contributed by atoms with van der Waals surface area (Å²) in [5, 5.41) is 11.9. The Morgan fingerprint density at radius 3 is 2.43 bits per heavy atom. The van der Waals surface area contributed by atoms with Crippen molar-refractivity contribution < 1.29 is 14.7 Å². The van der Waals surface area contributed by atoms with Crippen LogP contribution in [0.25, 0.3) is 0 Å². The van der Waals surface area contributed by atoms with Crippen LogP contribution in [0.2, 0.25) is 0 Å². The lowest BCUT2D eigenvalue weighted by Crippen LogP contribution is -2.65. The summed E-state index contributed by atoms with van der Waals surface area (Å²) in [7, 11) is 0. The van der Waals surface area contributed by atoms with Gasteiger partial charge in [0.1, 0.15) is 0 Å². The molecule has 5 nitrogen and oxygen atoms in total. The minimum Gasteiger partial charge on any atom is -0.481 e. The molecule has 2 saturated heterocycles. The number of nitrogens with one attached hydrogen (secondary N) is 1. The molecule has 2 rings (SSSR count). The van der Waals surface area contributed by atoms with Gasteiger partial charge < -0.3 is 15.3 Å². The van der Waals surface area contributed by atoms with Gasteiger partial charge in [0.05, 0.1) is 11.5 Å². The van der Waals surface area contributed by atoms with Crippen LogP contribution < -0.4 is 5.32 Å². The van der Waals surface area contributed by atoms with Crippen LogP contribution in [0.5, 0.6) is 0 Å². The number of hydrogen-bond acceptors (Lipinski definition) is 3. The molecule has 2 heterocycles. The predicted molar refractivity (Wildman–Crippen MR) is 48.7 cm³/mol. The van der Waals surface area contributed by atoms with Gasteiger partial charge in [0.25, 0.3) is 0 Å². The maximum absolute atomic E-state index is 11.6. The lowest BCUT2D eigenvalue weighted by atomic mass is 9.81. The molecule has 0 bridgehead atoms. The average molecular weight is 198 g/mol. The summed E-state index contributed by atoms with van der Waals surface area (Å²) in [6.45, 7) is 3.26. The van der Waals surface area contributed by atoms with Gasteiger partial charge in [-0.15, -0.1) is 0 Å². The van der Waals surface area contributed by atoms with Gasteiger partial charge in [0, 0.05) is 13.1 Å². The highest BCUT2D eigenvalue weighted by Crippen LogP contribution is 2.31. The number of aliphatic carboxylic acids is 1. The third-order valence-corrected chi connectivity index (χ3v) is 3.03. The number of carboxylic acid groups (broad SMARTS) is 1. The molecule has 2 N–H and O–H groups in total. The Morgan fingerprint density at radius 2 is 2.07 bits per heavy atom. The molecular weight excluding hydrogens is 184 g/mol. The molecule has 0 aromatic heterocycles. The van der Waals surface area contributed by atoms with E-state index in [-0.39, 0.29) is 11.9 Å². The molecule has 0 radical (unpaired) electrons. The fourth-order valence-corrected chi connectivity index (χ4v) is 1.81. The SMILES string of the molecule is CC1(C(=O)O)CN(C(=O)C2CCN2)C1. The number of nitrogens with zero attached hydrogens (tertiary/aromatic N) is 1. The molecule has 2 aliphatic heterocycles. The molecule has 0 aromatic carbocycles. The highest BCUT2D eigenvalue weighted by atomic mass is 16.4. The zero-order valence-electron chi connectivity index (χ0n) is 8.12. The molecule has 0 aromatic rings. The van der Waals surface area contributed by atoms with Crippen LogP contribution in [0.4, 0.5) is 0 Å². The highest BCUT2D eigenvalue weighted by Gasteiger charge is 2.48. The normalized spacial score (nSPS) is 28.9. The Bertz CT molecular complexity index is 280. The van der Waals surface area contributed by atoms with Crippen molar-refractivity contribution in [3.63, 3.8) is 0 Å². The summed E-state index contributed by atoms with van der Waals surface area (Å²) in [5.74, 6) is -0.766. The van der Waals surface area contributed by atoms with Crippen LogP contribution in [0.1, 0.15) is 13.3 Å². The first-order valence-corrected chi connectivity index (χ1v) is 4.78.